The zero-order valence-corrected chi connectivity index (χ0v) is 14.1. The van der Waals surface area contributed by atoms with Gasteiger partial charge in [-0.15, -0.1) is 11.3 Å². The third-order valence-electron chi connectivity index (χ3n) is 5.40. The molecule has 23 heavy (non-hydrogen) atoms. The molecule has 3 aromatic rings. The lowest BCUT2D eigenvalue weighted by Gasteiger charge is -2.44. The highest BCUT2D eigenvalue weighted by Crippen LogP contribution is 2.37. The average Bonchev–Trinajstić information content (AvgIpc) is 3.21. The standard InChI is InChI=1S/C18H20N4S/c1-12-9-19-18(23-12)14-2-3-15-10-20-22(16(15)8-14)17-11-21-6-4-13(17)5-7-21/h2-3,8-10,13,17H,4-7,11H2,1H3/t17-/m0/s1. The monoisotopic (exact) mass is 324 g/mol. The predicted octanol–water partition coefficient (Wildman–Crippen LogP) is 3.73. The van der Waals surface area contributed by atoms with Crippen molar-refractivity contribution in [3.05, 3.63) is 35.5 Å². The Balaban J connectivity index is 1.59. The number of rotatable bonds is 2. The Kier molecular flexibility index (Phi) is 3.06. The SMILES string of the molecule is Cc1cnc(-c2ccc3cnn([C@H]4CN5CCC4CC5)c3c2)s1. The van der Waals surface area contributed by atoms with Crippen molar-refractivity contribution >= 4 is 22.2 Å². The van der Waals surface area contributed by atoms with E-state index >= 15 is 0 Å². The van der Waals surface area contributed by atoms with Crippen LogP contribution >= 0.6 is 11.3 Å². The van der Waals surface area contributed by atoms with Crippen molar-refractivity contribution in [1.82, 2.24) is 19.7 Å². The second kappa shape index (κ2) is 5.14. The zero-order chi connectivity index (χ0) is 15.4. The summed E-state index contributed by atoms with van der Waals surface area (Å²) in [6.45, 7) is 5.80. The normalized spacial score (nSPS) is 26.9. The molecule has 3 aliphatic rings. The molecule has 5 heterocycles. The van der Waals surface area contributed by atoms with E-state index in [-0.39, 0.29) is 0 Å². The van der Waals surface area contributed by atoms with Crippen molar-refractivity contribution in [3.8, 4) is 10.6 Å². The molecule has 0 saturated carbocycles. The largest absolute Gasteiger partial charge is 0.301 e. The van der Waals surface area contributed by atoms with Crippen LogP contribution in [0.25, 0.3) is 21.5 Å². The van der Waals surface area contributed by atoms with Gasteiger partial charge in [-0.2, -0.15) is 5.10 Å². The first-order valence-corrected chi connectivity index (χ1v) is 9.22. The Morgan fingerprint density at radius 3 is 2.74 bits per heavy atom. The Labute approximate surface area is 139 Å². The number of hydrogen-bond donors (Lipinski definition) is 0. The Morgan fingerprint density at radius 2 is 2.04 bits per heavy atom. The first-order valence-electron chi connectivity index (χ1n) is 8.40. The number of hydrogen-bond acceptors (Lipinski definition) is 4. The molecule has 1 atom stereocenters. The van der Waals surface area contributed by atoms with Crippen molar-refractivity contribution in [2.45, 2.75) is 25.8 Å². The maximum atomic E-state index is 4.75. The van der Waals surface area contributed by atoms with Crippen LogP contribution in [0.4, 0.5) is 0 Å². The third-order valence-corrected chi connectivity index (χ3v) is 6.36. The Bertz CT molecular complexity index is 857. The fourth-order valence-corrected chi connectivity index (χ4v) is 4.89. The number of fused-ring (bicyclic) bond motifs is 4. The summed E-state index contributed by atoms with van der Waals surface area (Å²) in [6.07, 6.45) is 6.60. The summed E-state index contributed by atoms with van der Waals surface area (Å²) in [7, 11) is 0. The van der Waals surface area contributed by atoms with E-state index in [4.69, 9.17) is 5.10 Å². The highest BCUT2D eigenvalue weighted by Gasteiger charge is 2.36. The minimum Gasteiger partial charge on any atom is -0.301 e. The van der Waals surface area contributed by atoms with Crippen LogP contribution in [0.5, 0.6) is 0 Å². The van der Waals surface area contributed by atoms with E-state index in [1.165, 1.54) is 47.3 Å². The smallest absolute Gasteiger partial charge is 0.123 e. The van der Waals surface area contributed by atoms with Gasteiger partial charge >= 0.3 is 0 Å². The lowest BCUT2D eigenvalue weighted by Crippen LogP contribution is -2.48. The minimum absolute atomic E-state index is 0.531. The van der Waals surface area contributed by atoms with E-state index in [9.17, 15) is 0 Å². The molecule has 0 amide bonds. The van der Waals surface area contributed by atoms with Crippen LogP contribution < -0.4 is 0 Å². The summed E-state index contributed by atoms with van der Waals surface area (Å²) in [5.41, 5.74) is 2.47. The second-order valence-corrected chi connectivity index (χ2v) is 8.08. The first kappa shape index (κ1) is 13.7. The molecule has 2 aromatic heterocycles. The molecule has 3 aliphatic heterocycles. The Morgan fingerprint density at radius 1 is 1.17 bits per heavy atom. The van der Waals surface area contributed by atoms with Crippen LogP contribution in [0.3, 0.4) is 0 Å². The molecule has 1 aromatic carbocycles. The van der Waals surface area contributed by atoms with Crippen LogP contribution in [0.2, 0.25) is 0 Å². The molecule has 0 aliphatic carbocycles. The van der Waals surface area contributed by atoms with E-state index < -0.39 is 0 Å². The average molecular weight is 324 g/mol. The van der Waals surface area contributed by atoms with Gasteiger partial charge in [-0.3, -0.25) is 4.68 Å². The molecule has 118 valence electrons. The van der Waals surface area contributed by atoms with Crippen LogP contribution in [0.1, 0.15) is 23.8 Å². The molecule has 6 rings (SSSR count). The predicted molar refractivity (Wildman–Crippen MR) is 93.8 cm³/mol. The summed E-state index contributed by atoms with van der Waals surface area (Å²) in [6, 6.07) is 7.16. The molecular weight excluding hydrogens is 304 g/mol. The van der Waals surface area contributed by atoms with Crippen molar-refractivity contribution in [3.63, 3.8) is 0 Å². The van der Waals surface area contributed by atoms with Crippen molar-refractivity contribution in [2.24, 2.45) is 5.92 Å². The van der Waals surface area contributed by atoms with Crippen LogP contribution in [0.15, 0.2) is 30.6 Å². The number of benzene rings is 1. The van der Waals surface area contributed by atoms with Gasteiger partial charge in [0.05, 0.1) is 17.8 Å². The number of nitrogens with zero attached hydrogens (tertiary/aromatic N) is 4. The molecule has 2 bridgehead atoms. The van der Waals surface area contributed by atoms with E-state index in [2.05, 4.69) is 39.7 Å². The molecule has 0 radical (unpaired) electrons. The first-order chi connectivity index (χ1) is 11.3. The van der Waals surface area contributed by atoms with Gasteiger partial charge in [0.2, 0.25) is 0 Å². The molecular formula is C18H20N4S. The summed E-state index contributed by atoms with van der Waals surface area (Å²) in [4.78, 5) is 8.38. The van der Waals surface area contributed by atoms with E-state index in [0.29, 0.717) is 6.04 Å². The van der Waals surface area contributed by atoms with Gasteiger partial charge in [0.15, 0.2) is 0 Å². The molecule has 4 nitrogen and oxygen atoms in total. The maximum Gasteiger partial charge on any atom is 0.123 e. The van der Waals surface area contributed by atoms with Gasteiger partial charge in [-0.25, -0.2) is 4.98 Å². The highest BCUT2D eigenvalue weighted by molar-refractivity contribution is 7.14. The van der Waals surface area contributed by atoms with E-state index in [1.54, 1.807) is 11.3 Å². The van der Waals surface area contributed by atoms with Crippen LogP contribution in [-0.2, 0) is 0 Å². The number of aromatic nitrogens is 3. The van der Waals surface area contributed by atoms with Gasteiger partial charge < -0.3 is 4.90 Å². The van der Waals surface area contributed by atoms with Gasteiger partial charge in [0.1, 0.15) is 5.01 Å². The molecule has 3 saturated heterocycles. The van der Waals surface area contributed by atoms with Gasteiger partial charge in [-0.05, 0) is 44.8 Å². The van der Waals surface area contributed by atoms with Gasteiger partial charge in [-0.1, -0.05) is 12.1 Å². The van der Waals surface area contributed by atoms with Crippen molar-refractivity contribution < 1.29 is 0 Å². The topological polar surface area (TPSA) is 34.0 Å². The van der Waals surface area contributed by atoms with Crippen molar-refractivity contribution in [1.29, 1.82) is 0 Å². The lowest BCUT2D eigenvalue weighted by molar-refractivity contribution is 0.0534. The molecule has 0 N–H and O–H groups in total. The molecule has 5 heteroatoms. The number of thiazole rings is 1. The number of aryl methyl sites for hydroxylation is 1. The lowest BCUT2D eigenvalue weighted by atomic mass is 9.84. The van der Waals surface area contributed by atoms with Crippen molar-refractivity contribution in [2.75, 3.05) is 19.6 Å². The molecule has 0 unspecified atom stereocenters. The number of piperidine rings is 3. The highest BCUT2D eigenvalue weighted by atomic mass is 32.1. The molecule has 0 spiro atoms. The quantitative estimate of drug-likeness (QED) is 0.720. The van der Waals surface area contributed by atoms with E-state index in [1.807, 2.05) is 12.4 Å². The van der Waals surface area contributed by atoms with Crippen LogP contribution in [0, 0.1) is 12.8 Å². The van der Waals surface area contributed by atoms with E-state index in [0.717, 1.165) is 17.5 Å². The molecule has 3 fully saturated rings. The van der Waals surface area contributed by atoms with Gasteiger partial charge in [0.25, 0.3) is 0 Å². The summed E-state index contributed by atoms with van der Waals surface area (Å²) < 4.78 is 2.29. The minimum atomic E-state index is 0.531. The maximum absolute atomic E-state index is 4.75. The second-order valence-electron chi connectivity index (χ2n) is 6.84. The summed E-state index contributed by atoms with van der Waals surface area (Å²) in [5.74, 6) is 0.786. The third kappa shape index (κ3) is 2.22. The Hall–Kier alpha value is -1.72. The van der Waals surface area contributed by atoms with Crippen LogP contribution in [-0.4, -0.2) is 39.3 Å². The fourth-order valence-electron chi connectivity index (χ4n) is 4.13. The summed E-state index contributed by atoms with van der Waals surface area (Å²) >= 11 is 1.76. The zero-order valence-electron chi connectivity index (χ0n) is 13.3. The fraction of sp³-hybridized carbons (Fsp3) is 0.444. The van der Waals surface area contributed by atoms with Gasteiger partial charge in [0, 0.05) is 28.6 Å². The summed E-state index contributed by atoms with van der Waals surface area (Å²) in [5, 5.41) is 7.09.